The molecule has 0 atom stereocenters. The summed E-state index contributed by atoms with van der Waals surface area (Å²) in [6.07, 6.45) is 3.52. The van der Waals surface area contributed by atoms with E-state index >= 15 is 0 Å². The third kappa shape index (κ3) is 2.27. The van der Waals surface area contributed by atoms with Crippen LogP contribution in [-0.4, -0.2) is 11.4 Å². The molecule has 4 rings (SSSR count). The summed E-state index contributed by atoms with van der Waals surface area (Å²) in [4.78, 5) is 12.7. The van der Waals surface area contributed by atoms with Crippen molar-refractivity contribution in [3.8, 4) is 23.6 Å². The Balaban J connectivity index is 1.99. The van der Waals surface area contributed by atoms with E-state index in [1.807, 2.05) is 24.3 Å². The molecule has 0 spiro atoms. The molecule has 6 nitrogen and oxygen atoms in total. The largest absolute Gasteiger partial charge is 0.454 e. The van der Waals surface area contributed by atoms with Gasteiger partial charge in [-0.3, -0.25) is 9.36 Å². The van der Waals surface area contributed by atoms with E-state index in [-0.39, 0.29) is 24.0 Å². The van der Waals surface area contributed by atoms with Crippen LogP contribution in [0.25, 0.3) is 11.6 Å². The Bertz CT molecular complexity index is 1080. The first-order valence-corrected chi connectivity index (χ1v) is 8.20. The lowest BCUT2D eigenvalue weighted by atomic mass is 10.2. The van der Waals surface area contributed by atoms with E-state index in [4.69, 9.17) is 20.0 Å². The number of rotatable bonds is 2. The molecule has 1 aromatic carbocycles. The van der Waals surface area contributed by atoms with Crippen molar-refractivity contribution in [1.29, 1.82) is 10.5 Å². The predicted molar refractivity (Wildman–Crippen MR) is 86.9 cm³/mol. The van der Waals surface area contributed by atoms with Crippen LogP contribution >= 0.6 is 11.3 Å². The van der Waals surface area contributed by atoms with Gasteiger partial charge < -0.3 is 9.47 Å². The molecule has 1 fully saturated rings. The van der Waals surface area contributed by atoms with Gasteiger partial charge in [0.1, 0.15) is 16.8 Å². The lowest BCUT2D eigenvalue weighted by molar-refractivity contribution is 0.174. The molecule has 0 unspecified atom stereocenters. The minimum atomic E-state index is -0.169. The number of aromatic nitrogens is 1. The van der Waals surface area contributed by atoms with Crippen molar-refractivity contribution in [1.82, 2.24) is 4.57 Å². The van der Waals surface area contributed by atoms with Gasteiger partial charge in [0, 0.05) is 11.6 Å². The molecule has 2 aliphatic rings. The van der Waals surface area contributed by atoms with Crippen LogP contribution in [0.5, 0.6) is 11.5 Å². The van der Waals surface area contributed by atoms with Crippen molar-refractivity contribution >= 4 is 23.0 Å². The van der Waals surface area contributed by atoms with Gasteiger partial charge in [0.2, 0.25) is 6.79 Å². The summed E-state index contributed by atoms with van der Waals surface area (Å²) < 4.78 is 13.3. The average molecular weight is 337 g/mol. The number of nitriles is 2. The van der Waals surface area contributed by atoms with Gasteiger partial charge in [0.25, 0.3) is 5.56 Å². The lowest BCUT2D eigenvalue weighted by Crippen LogP contribution is -2.31. The number of hydrogen-bond donors (Lipinski definition) is 0. The van der Waals surface area contributed by atoms with Crippen LogP contribution in [-0.2, 0) is 0 Å². The highest BCUT2D eigenvalue weighted by atomic mass is 32.1. The minimum absolute atomic E-state index is 0.0264. The van der Waals surface area contributed by atoms with Crippen LogP contribution < -0.4 is 24.2 Å². The van der Waals surface area contributed by atoms with Crippen LogP contribution in [0, 0.1) is 22.7 Å². The van der Waals surface area contributed by atoms with E-state index in [1.165, 1.54) is 11.3 Å². The predicted octanol–water partition coefficient (Wildman–Crippen LogP) is 1.00. The molecule has 1 saturated carbocycles. The maximum Gasteiger partial charge on any atom is 0.269 e. The number of para-hydroxylation sites is 1. The fraction of sp³-hybridized carbons (Fsp3) is 0.235. The third-order valence-corrected chi connectivity index (χ3v) is 5.02. The first-order valence-electron chi connectivity index (χ1n) is 7.39. The quantitative estimate of drug-likeness (QED) is 0.816. The smallest absolute Gasteiger partial charge is 0.269 e. The molecule has 1 aliphatic carbocycles. The number of thiazole rings is 1. The van der Waals surface area contributed by atoms with Crippen LogP contribution in [0.4, 0.5) is 0 Å². The Labute approximate surface area is 140 Å². The normalized spacial score (nSPS) is 15.8. The van der Waals surface area contributed by atoms with Crippen molar-refractivity contribution in [2.24, 2.45) is 0 Å². The third-order valence-electron chi connectivity index (χ3n) is 3.92. The van der Waals surface area contributed by atoms with Crippen molar-refractivity contribution < 1.29 is 9.47 Å². The van der Waals surface area contributed by atoms with E-state index in [0.29, 0.717) is 20.7 Å². The molecule has 0 bridgehead atoms. The summed E-state index contributed by atoms with van der Waals surface area (Å²) in [7, 11) is 0. The fourth-order valence-electron chi connectivity index (χ4n) is 2.66. The molecule has 0 saturated heterocycles. The van der Waals surface area contributed by atoms with Gasteiger partial charge in [-0.1, -0.05) is 12.1 Å². The standard InChI is InChI=1S/C17H11N3O3S/c18-7-11(8-19)17-20(12-4-5-12)16(21)14(24-17)6-10-2-1-3-13-15(10)23-9-22-13/h1-3,6,12H,4-5,9H2. The van der Waals surface area contributed by atoms with Gasteiger partial charge in [-0.2, -0.15) is 10.5 Å². The zero-order valence-electron chi connectivity index (χ0n) is 12.5. The zero-order valence-corrected chi connectivity index (χ0v) is 13.3. The van der Waals surface area contributed by atoms with Gasteiger partial charge in [-0.15, -0.1) is 11.3 Å². The second kappa shape index (κ2) is 5.55. The number of benzene rings is 1. The van der Waals surface area contributed by atoms with Crippen LogP contribution in [0.1, 0.15) is 24.4 Å². The maximum atomic E-state index is 12.7. The maximum absolute atomic E-state index is 12.7. The molecule has 1 aromatic heterocycles. The number of fused-ring (bicyclic) bond motifs is 1. The molecule has 0 N–H and O–H groups in total. The van der Waals surface area contributed by atoms with Crippen LogP contribution in [0.15, 0.2) is 23.0 Å². The monoisotopic (exact) mass is 337 g/mol. The van der Waals surface area contributed by atoms with Crippen molar-refractivity contribution in [2.75, 3.05) is 6.79 Å². The highest BCUT2D eigenvalue weighted by molar-refractivity contribution is 7.07. The summed E-state index contributed by atoms with van der Waals surface area (Å²) in [5, 5.41) is 18.3. The molecule has 118 valence electrons. The minimum Gasteiger partial charge on any atom is -0.454 e. The Morgan fingerprint density at radius 3 is 2.79 bits per heavy atom. The number of ether oxygens (including phenoxy) is 2. The Morgan fingerprint density at radius 2 is 2.08 bits per heavy atom. The second-order valence-corrected chi connectivity index (χ2v) is 6.53. The van der Waals surface area contributed by atoms with Crippen molar-refractivity contribution in [3.05, 3.63) is 43.3 Å². The molecular weight excluding hydrogens is 326 g/mol. The van der Waals surface area contributed by atoms with E-state index < -0.39 is 0 Å². The molecule has 24 heavy (non-hydrogen) atoms. The van der Waals surface area contributed by atoms with Crippen LogP contribution in [0.2, 0.25) is 0 Å². The molecule has 2 heterocycles. The second-order valence-electron chi connectivity index (χ2n) is 5.50. The van der Waals surface area contributed by atoms with E-state index in [9.17, 15) is 4.79 Å². The van der Waals surface area contributed by atoms with Gasteiger partial charge in [0.15, 0.2) is 17.1 Å². The summed E-state index contributed by atoms with van der Waals surface area (Å²) in [6.45, 7) is 0.156. The first kappa shape index (κ1) is 14.6. The van der Waals surface area contributed by atoms with Gasteiger partial charge in [-0.25, -0.2) is 0 Å². The van der Waals surface area contributed by atoms with E-state index in [2.05, 4.69) is 0 Å². The van der Waals surface area contributed by atoms with Crippen molar-refractivity contribution in [2.45, 2.75) is 18.9 Å². The highest BCUT2D eigenvalue weighted by Gasteiger charge is 2.27. The first-order chi connectivity index (χ1) is 11.7. The Morgan fingerprint density at radius 1 is 1.29 bits per heavy atom. The summed E-state index contributed by atoms with van der Waals surface area (Å²) >= 11 is 1.17. The van der Waals surface area contributed by atoms with Gasteiger partial charge >= 0.3 is 0 Å². The van der Waals surface area contributed by atoms with E-state index in [0.717, 1.165) is 18.4 Å². The number of nitrogens with zero attached hydrogens (tertiary/aromatic N) is 3. The Hall–Kier alpha value is -3.03. The zero-order chi connectivity index (χ0) is 16.7. The van der Waals surface area contributed by atoms with E-state index in [1.54, 1.807) is 16.7 Å². The molecule has 7 heteroatoms. The molecular formula is C17H11N3O3S. The molecule has 0 radical (unpaired) electrons. The van der Waals surface area contributed by atoms with Crippen molar-refractivity contribution in [3.63, 3.8) is 0 Å². The average Bonchev–Trinajstić information content (AvgIpc) is 3.21. The lowest BCUT2D eigenvalue weighted by Gasteiger charge is -1.99. The molecule has 0 amide bonds. The fourth-order valence-corrected chi connectivity index (χ4v) is 3.77. The highest BCUT2D eigenvalue weighted by Crippen LogP contribution is 2.35. The van der Waals surface area contributed by atoms with Gasteiger partial charge in [0.05, 0.1) is 4.53 Å². The SMILES string of the molecule is N#CC(C#N)=c1sc(=Cc2cccc3c2OCO3)c(=O)n1C1CC1. The summed E-state index contributed by atoms with van der Waals surface area (Å²) in [6, 6.07) is 9.33. The summed E-state index contributed by atoms with van der Waals surface area (Å²) in [5.74, 6) is 1.25. The molecule has 1 aliphatic heterocycles. The van der Waals surface area contributed by atoms with Crippen LogP contribution in [0.3, 0.4) is 0 Å². The Kier molecular flexibility index (Phi) is 3.37. The summed E-state index contributed by atoms with van der Waals surface area (Å²) in [5.41, 5.74) is 0.548. The topological polar surface area (TPSA) is 88.0 Å². The number of hydrogen-bond acceptors (Lipinski definition) is 6. The van der Waals surface area contributed by atoms with Gasteiger partial charge in [-0.05, 0) is 25.0 Å². The molecule has 2 aromatic rings.